The van der Waals surface area contributed by atoms with Crippen LogP contribution in [0.5, 0.6) is 17.2 Å². The Morgan fingerprint density at radius 2 is 1.93 bits per heavy atom. The maximum absolute atomic E-state index is 6.22. The van der Waals surface area contributed by atoms with Crippen LogP contribution in [0, 0.1) is 0 Å². The first-order chi connectivity index (χ1) is 13.5. The minimum Gasteiger partial charge on any atom is -0.495 e. The highest BCUT2D eigenvalue weighted by molar-refractivity contribution is 6.32. The number of anilines is 2. The first kappa shape index (κ1) is 20.2. The molecular formula is C19H20Cl2N4O3. The summed E-state index contributed by atoms with van der Waals surface area (Å²) in [5.41, 5.74) is 1.21. The molecule has 0 bridgehead atoms. The van der Waals surface area contributed by atoms with Gasteiger partial charge in [0.1, 0.15) is 36.0 Å². The zero-order chi connectivity index (χ0) is 20.1. The summed E-state index contributed by atoms with van der Waals surface area (Å²) in [6.45, 7) is 4.27. The second-order valence-electron chi connectivity index (χ2n) is 6.08. The van der Waals surface area contributed by atoms with E-state index in [4.69, 9.17) is 37.4 Å². The molecule has 3 aromatic rings. The van der Waals surface area contributed by atoms with Crippen LogP contribution in [0.3, 0.4) is 0 Å². The summed E-state index contributed by atoms with van der Waals surface area (Å²) in [7, 11) is 1.56. The predicted octanol–water partition coefficient (Wildman–Crippen LogP) is 4.84. The van der Waals surface area contributed by atoms with E-state index < -0.39 is 0 Å². The maximum Gasteiger partial charge on any atom is 0.152 e. The number of ether oxygens (including phenoxy) is 3. The van der Waals surface area contributed by atoms with E-state index in [9.17, 15) is 0 Å². The fourth-order valence-electron chi connectivity index (χ4n) is 2.57. The molecule has 0 amide bonds. The highest BCUT2D eigenvalue weighted by Crippen LogP contribution is 2.37. The third-order valence-electron chi connectivity index (χ3n) is 3.69. The Kier molecular flexibility index (Phi) is 6.59. The zero-order valence-electron chi connectivity index (χ0n) is 15.7. The Hall–Kier alpha value is -2.51. The molecular weight excluding hydrogens is 403 g/mol. The number of benzene rings is 1. The number of nitrogens with one attached hydrogen (secondary N) is 1. The Morgan fingerprint density at radius 3 is 2.64 bits per heavy atom. The number of nitrogens with zero attached hydrogens (tertiary/aromatic N) is 3. The van der Waals surface area contributed by atoms with Crippen molar-refractivity contribution >= 4 is 45.6 Å². The molecule has 0 aliphatic carbocycles. The van der Waals surface area contributed by atoms with Crippen LogP contribution in [-0.4, -0.2) is 40.7 Å². The quantitative estimate of drug-likeness (QED) is 0.411. The number of methoxy groups -OCH3 is 1. The standard InChI is InChI=1S/C19H20Cl2N4O3/c1-11(2)28-16-8-12(27-5-4-20)6-14-17(16)19(24-10-23-14)25-15-7-13(26-3)9-22-18(15)21/h6-11H,4-5H2,1-3H3,(H,23,24,25). The van der Waals surface area contributed by atoms with Crippen molar-refractivity contribution in [2.75, 3.05) is 24.9 Å². The van der Waals surface area contributed by atoms with Crippen LogP contribution in [0.15, 0.2) is 30.7 Å². The second-order valence-corrected chi connectivity index (χ2v) is 6.82. The molecule has 9 heteroatoms. The molecule has 0 aliphatic heterocycles. The van der Waals surface area contributed by atoms with Crippen molar-refractivity contribution < 1.29 is 14.2 Å². The van der Waals surface area contributed by atoms with E-state index >= 15 is 0 Å². The van der Waals surface area contributed by atoms with Crippen LogP contribution in [0.25, 0.3) is 10.9 Å². The largest absolute Gasteiger partial charge is 0.495 e. The molecule has 7 nitrogen and oxygen atoms in total. The number of halogens is 2. The monoisotopic (exact) mass is 422 g/mol. The molecule has 1 N–H and O–H groups in total. The minimum atomic E-state index is -0.0541. The molecule has 28 heavy (non-hydrogen) atoms. The van der Waals surface area contributed by atoms with Crippen molar-refractivity contribution in [2.45, 2.75) is 20.0 Å². The van der Waals surface area contributed by atoms with Gasteiger partial charge in [0.25, 0.3) is 0 Å². The van der Waals surface area contributed by atoms with Gasteiger partial charge in [0.15, 0.2) is 5.15 Å². The Labute approximate surface area is 173 Å². The SMILES string of the molecule is COc1cnc(Cl)c(Nc2ncnc3cc(OCCCl)cc(OC(C)C)c23)c1. The lowest BCUT2D eigenvalue weighted by Crippen LogP contribution is -2.08. The highest BCUT2D eigenvalue weighted by Gasteiger charge is 2.16. The van der Waals surface area contributed by atoms with Gasteiger partial charge in [-0.3, -0.25) is 0 Å². The van der Waals surface area contributed by atoms with Gasteiger partial charge < -0.3 is 19.5 Å². The number of fused-ring (bicyclic) bond motifs is 1. The first-order valence-electron chi connectivity index (χ1n) is 8.62. The van der Waals surface area contributed by atoms with Gasteiger partial charge in [0.2, 0.25) is 0 Å². The molecule has 0 atom stereocenters. The molecule has 148 valence electrons. The first-order valence-corrected chi connectivity index (χ1v) is 9.53. The van der Waals surface area contributed by atoms with E-state index in [0.717, 1.165) is 0 Å². The van der Waals surface area contributed by atoms with E-state index in [0.29, 0.717) is 57.3 Å². The fraction of sp³-hybridized carbons (Fsp3) is 0.316. The number of alkyl halides is 1. The van der Waals surface area contributed by atoms with Gasteiger partial charge in [0, 0.05) is 18.2 Å². The van der Waals surface area contributed by atoms with Crippen LogP contribution in [0.1, 0.15) is 13.8 Å². The van der Waals surface area contributed by atoms with Crippen molar-refractivity contribution in [1.29, 1.82) is 0 Å². The molecule has 2 aromatic heterocycles. The molecule has 3 rings (SSSR count). The van der Waals surface area contributed by atoms with Crippen molar-refractivity contribution in [3.05, 3.63) is 35.9 Å². The maximum atomic E-state index is 6.22. The summed E-state index contributed by atoms with van der Waals surface area (Å²) in [6, 6.07) is 5.35. The summed E-state index contributed by atoms with van der Waals surface area (Å²) in [6.07, 6.45) is 2.94. The van der Waals surface area contributed by atoms with Gasteiger partial charge in [-0.15, -0.1) is 11.6 Å². The van der Waals surface area contributed by atoms with Crippen LogP contribution < -0.4 is 19.5 Å². The Balaban J connectivity index is 2.10. The van der Waals surface area contributed by atoms with E-state index in [-0.39, 0.29) is 6.10 Å². The van der Waals surface area contributed by atoms with Gasteiger partial charge in [-0.2, -0.15) is 0 Å². The number of pyridine rings is 1. The molecule has 0 saturated heterocycles. The molecule has 0 unspecified atom stereocenters. The summed E-state index contributed by atoms with van der Waals surface area (Å²) in [5, 5.41) is 4.19. The normalized spacial score (nSPS) is 10.9. The van der Waals surface area contributed by atoms with E-state index in [2.05, 4.69) is 20.3 Å². The van der Waals surface area contributed by atoms with Crippen LogP contribution in [0.2, 0.25) is 5.15 Å². The van der Waals surface area contributed by atoms with Gasteiger partial charge in [-0.1, -0.05) is 11.6 Å². The van der Waals surface area contributed by atoms with Crippen molar-refractivity contribution in [3.8, 4) is 17.2 Å². The molecule has 0 saturated carbocycles. The summed E-state index contributed by atoms with van der Waals surface area (Å²) in [5.74, 6) is 2.69. The number of hydrogen-bond donors (Lipinski definition) is 1. The van der Waals surface area contributed by atoms with Crippen molar-refractivity contribution in [2.24, 2.45) is 0 Å². The minimum absolute atomic E-state index is 0.0541. The molecule has 1 aromatic carbocycles. The number of hydrogen-bond acceptors (Lipinski definition) is 7. The summed E-state index contributed by atoms with van der Waals surface area (Å²) in [4.78, 5) is 12.8. The number of aromatic nitrogens is 3. The smallest absolute Gasteiger partial charge is 0.152 e. The molecule has 0 radical (unpaired) electrons. The molecule has 0 aliphatic rings. The summed E-state index contributed by atoms with van der Waals surface area (Å²) < 4.78 is 16.9. The average molecular weight is 423 g/mol. The lowest BCUT2D eigenvalue weighted by atomic mass is 10.2. The number of rotatable bonds is 8. The van der Waals surface area contributed by atoms with E-state index in [1.54, 1.807) is 25.4 Å². The Morgan fingerprint density at radius 1 is 1.11 bits per heavy atom. The van der Waals surface area contributed by atoms with Crippen molar-refractivity contribution in [3.63, 3.8) is 0 Å². The third kappa shape index (κ3) is 4.66. The average Bonchev–Trinajstić information content (AvgIpc) is 2.67. The predicted molar refractivity (Wildman–Crippen MR) is 111 cm³/mol. The molecule has 2 heterocycles. The van der Waals surface area contributed by atoms with Gasteiger partial charge in [0.05, 0.1) is 41.9 Å². The van der Waals surface area contributed by atoms with Crippen LogP contribution in [-0.2, 0) is 0 Å². The lowest BCUT2D eigenvalue weighted by molar-refractivity contribution is 0.243. The summed E-state index contributed by atoms with van der Waals surface area (Å²) >= 11 is 12.0. The topological polar surface area (TPSA) is 78.4 Å². The molecule has 0 fully saturated rings. The van der Waals surface area contributed by atoms with Crippen LogP contribution in [0.4, 0.5) is 11.5 Å². The second kappa shape index (κ2) is 9.12. The fourth-order valence-corrected chi connectivity index (χ4v) is 2.79. The van der Waals surface area contributed by atoms with Gasteiger partial charge in [-0.25, -0.2) is 15.0 Å². The van der Waals surface area contributed by atoms with Crippen molar-refractivity contribution in [1.82, 2.24) is 15.0 Å². The van der Waals surface area contributed by atoms with Crippen LogP contribution >= 0.6 is 23.2 Å². The van der Waals surface area contributed by atoms with Gasteiger partial charge >= 0.3 is 0 Å². The lowest BCUT2D eigenvalue weighted by Gasteiger charge is -2.17. The third-order valence-corrected chi connectivity index (χ3v) is 4.14. The zero-order valence-corrected chi connectivity index (χ0v) is 17.2. The molecule has 0 spiro atoms. The van der Waals surface area contributed by atoms with Gasteiger partial charge in [-0.05, 0) is 13.8 Å². The van der Waals surface area contributed by atoms with E-state index in [1.165, 1.54) is 6.33 Å². The Bertz CT molecular complexity index is 969. The highest BCUT2D eigenvalue weighted by atomic mass is 35.5. The van der Waals surface area contributed by atoms with E-state index in [1.807, 2.05) is 19.9 Å².